The van der Waals surface area contributed by atoms with Crippen molar-refractivity contribution in [3.05, 3.63) is 77.6 Å². The van der Waals surface area contributed by atoms with E-state index in [0.717, 1.165) is 59.9 Å². The maximum absolute atomic E-state index is 6.22. The minimum absolute atomic E-state index is 0.0209. The van der Waals surface area contributed by atoms with Crippen LogP contribution in [0.2, 0.25) is 0 Å². The number of fused-ring (bicyclic) bond motifs is 2. The first-order valence-corrected chi connectivity index (χ1v) is 9.37. The van der Waals surface area contributed by atoms with Crippen molar-refractivity contribution in [1.82, 2.24) is 24.8 Å². The largest absolute Gasteiger partial charge is 0.459 e. The second-order valence-corrected chi connectivity index (χ2v) is 6.89. The summed E-state index contributed by atoms with van der Waals surface area (Å²) in [7, 11) is 0. The fourth-order valence-electron chi connectivity index (χ4n) is 3.85. The van der Waals surface area contributed by atoms with Crippen LogP contribution in [0.25, 0.3) is 11.0 Å². The summed E-state index contributed by atoms with van der Waals surface area (Å²) in [5, 5.41) is 1.12. The van der Waals surface area contributed by atoms with Crippen molar-refractivity contribution < 1.29 is 4.42 Å². The van der Waals surface area contributed by atoms with Crippen LogP contribution < -0.4 is 0 Å². The van der Waals surface area contributed by atoms with Crippen LogP contribution in [0.3, 0.4) is 0 Å². The number of furan rings is 1. The highest BCUT2D eigenvalue weighted by atomic mass is 16.3. The molecular weight excluding hydrogens is 338 g/mol. The number of benzene rings is 1. The first kappa shape index (κ1) is 16.2. The zero-order valence-electron chi connectivity index (χ0n) is 15.2. The van der Waals surface area contributed by atoms with Gasteiger partial charge in [-0.1, -0.05) is 25.1 Å². The molecule has 0 amide bonds. The van der Waals surface area contributed by atoms with Crippen molar-refractivity contribution in [3.63, 3.8) is 0 Å². The summed E-state index contributed by atoms with van der Waals surface area (Å²) >= 11 is 0. The fraction of sp³-hybridized carbons (Fsp3) is 0.286. The first-order chi connectivity index (χ1) is 13.3. The second kappa shape index (κ2) is 6.63. The number of imidazole rings is 1. The van der Waals surface area contributed by atoms with Gasteiger partial charge in [0.05, 0.1) is 17.7 Å². The molecule has 0 spiro atoms. The molecular formula is C21H21N5O. The minimum Gasteiger partial charge on any atom is -0.459 e. The van der Waals surface area contributed by atoms with Gasteiger partial charge in [0.1, 0.15) is 23.2 Å². The zero-order chi connectivity index (χ0) is 18.2. The summed E-state index contributed by atoms with van der Waals surface area (Å²) in [6.07, 6.45) is 5.41. The number of hydrogen-bond acceptors (Lipinski definition) is 5. The number of aromatic nitrogens is 4. The van der Waals surface area contributed by atoms with Crippen molar-refractivity contribution in [2.45, 2.75) is 32.4 Å². The Hall–Kier alpha value is -2.99. The van der Waals surface area contributed by atoms with Crippen LogP contribution in [-0.2, 0) is 19.4 Å². The molecule has 136 valence electrons. The predicted molar refractivity (Wildman–Crippen MR) is 102 cm³/mol. The lowest BCUT2D eigenvalue weighted by Crippen LogP contribution is -2.36. The number of para-hydroxylation sites is 1. The number of H-pyrrole nitrogens is 1. The maximum atomic E-state index is 6.22. The van der Waals surface area contributed by atoms with Crippen molar-refractivity contribution in [2.75, 3.05) is 6.54 Å². The van der Waals surface area contributed by atoms with Gasteiger partial charge in [-0.2, -0.15) is 0 Å². The van der Waals surface area contributed by atoms with E-state index in [0.29, 0.717) is 0 Å². The molecule has 4 aromatic rings. The molecule has 0 radical (unpaired) electrons. The van der Waals surface area contributed by atoms with E-state index < -0.39 is 0 Å². The average Bonchev–Trinajstić information content (AvgIpc) is 3.34. The topological polar surface area (TPSA) is 70.8 Å². The summed E-state index contributed by atoms with van der Waals surface area (Å²) in [4.78, 5) is 19.3. The van der Waals surface area contributed by atoms with Gasteiger partial charge in [-0.3, -0.25) is 4.90 Å². The van der Waals surface area contributed by atoms with Crippen molar-refractivity contribution in [1.29, 1.82) is 0 Å². The molecule has 0 bridgehead atoms. The molecule has 3 aromatic heterocycles. The van der Waals surface area contributed by atoms with E-state index in [1.54, 1.807) is 6.33 Å². The lowest BCUT2D eigenvalue weighted by molar-refractivity contribution is 0.179. The number of aryl methyl sites for hydroxylation is 1. The quantitative estimate of drug-likeness (QED) is 0.602. The molecule has 0 saturated heterocycles. The Morgan fingerprint density at radius 3 is 3.04 bits per heavy atom. The smallest absolute Gasteiger partial charge is 0.134 e. The summed E-state index contributed by atoms with van der Waals surface area (Å²) in [5.41, 5.74) is 4.17. The molecule has 0 saturated carbocycles. The van der Waals surface area contributed by atoms with Gasteiger partial charge in [0.25, 0.3) is 0 Å². The zero-order valence-corrected chi connectivity index (χ0v) is 15.2. The Balaban J connectivity index is 1.55. The van der Waals surface area contributed by atoms with Crippen molar-refractivity contribution >= 4 is 11.0 Å². The molecule has 0 aliphatic carbocycles. The van der Waals surface area contributed by atoms with Crippen LogP contribution in [-0.4, -0.2) is 31.4 Å². The number of hydrogen-bond donors (Lipinski definition) is 1. The number of rotatable bonds is 4. The molecule has 27 heavy (non-hydrogen) atoms. The lowest BCUT2D eigenvalue weighted by atomic mass is 10.00. The highest BCUT2D eigenvalue weighted by Crippen LogP contribution is 2.36. The van der Waals surface area contributed by atoms with Crippen LogP contribution in [0.1, 0.15) is 41.6 Å². The van der Waals surface area contributed by atoms with Gasteiger partial charge in [0.15, 0.2) is 0 Å². The minimum atomic E-state index is -0.0209. The van der Waals surface area contributed by atoms with Gasteiger partial charge < -0.3 is 9.40 Å². The summed E-state index contributed by atoms with van der Waals surface area (Å²) in [6, 6.07) is 12.2. The summed E-state index contributed by atoms with van der Waals surface area (Å²) in [6.45, 7) is 3.74. The Labute approximate surface area is 157 Å². The number of nitrogens with zero attached hydrogens (tertiary/aromatic N) is 4. The van der Waals surface area contributed by atoms with Gasteiger partial charge >= 0.3 is 0 Å². The molecule has 6 nitrogen and oxygen atoms in total. The third kappa shape index (κ3) is 2.92. The molecule has 1 aliphatic heterocycles. The van der Waals surface area contributed by atoms with Crippen LogP contribution in [0.4, 0.5) is 0 Å². The average molecular weight is 359 g/mol. The molecule has 0 fully saturated rings. The molecule has 4 heterocycles. The molecule has 5 rings (SSSR count). The Kier molecular flexibility index (Phi) is 3.98. The van der Waals surface area contributed by atoms with E-state index in [-0.39, 0.29) is 6.04 Å². The normalized spacial score (nSPS) is 17.3. The van der Waals surface area contributed by atoms with E-state index in [9.17, 15) is 0 Å². The van der Waals surface area contributed by atoms with Crippen LogP contribution in [0.5, 0.6) is 0 Å². The van der Waals surface area contributed by atoms with Crippen molar-refractivity contribution in [2.24, 2.45) is 0 Å². The van der Waals surface area contributed by atoms with Gasteiger partial charge in [-0.25, -0.2) is 15.0 Å². The van der Waals surface area contributed by atoms with E-state index in [1.807, 2.05) is 30.5 Å². The molecule has 1 aromatic carbocycles. The summed E-state index contributed by atoms with van der Waals surface area (Å²) in [5.74, 6) is 1.80. The summed E-state index contributed by atoms with van der Waals surface area (Å²) < 4.78 is 6.22. The number of aromatic amines is 1. The van der Waals surface area contributed by atoms with Crippen LogP contribution >= 0.6 is 0 Å². The molecule has 0 unspecified atom stereocenters. The first-order valence-electron chi connectivity index (χ1n) is 9.37. The van der Waals surface area contributed by atoms with E-state index in [2.05, 4.69) is 43.9 Å². The molecule has 6 heteroatoms. The lowest BCUT2D eigenvalue weighted by Gasteiger charge is -2.33. The van der Waals surface area contributed by atoms with Crippen LogP contribution in [0.15, 0.2) is 53.3 Å². The van der Waals surface area contributed by atoms with E-state index in [1.165, 1.54) is 5.69 Å². The highest BCUT2D eigenvalue weighted by molar-refractivity contribution is 5.78. The van der Waals surface area contributed by atoms with Crippen LogP contribution in [0, 0.1) is 0 Å². The predicted octanol–water partition coefficient (Wildman–Crippen LogP) is 3.66. The standard InChI is InChI=1S/C21H21N5O/c1-2-19-22-9-7-15(25-19)12-26-10-8-16-20(24-13-23-16)21(26)18-11-14-5-3-4-6-17(14)27-18/h3-7,9,11,13,21H,2,8,10,12H2,1H3,(H,23,24)/t21-/m0/s1. The molecule has 1 atom stereocenters. The molecule has 1 aliphatic rings. The number of nitrogens with one attached hydrogen (secondary N) is 1. The van der Waals surface area contributed by atoms with Crippen molar-refractivity contribution in [3.8, 4) is 0 Å². The third-order valence-corrected chi connectivity index (χ3v) is 5.18. The SMILES string of the molecule is CCc1nccc(CN2CCc3[nH]cnc3[C@@H]2c2cc3ccccc3o2)n1. The van der Waals surface area contributed by atoms with Gasteiger partial charge in [0.2, 0.25) is 0 Å². The van der Waals surface area contributed by atoms with E-state index >= 15 is 0 Å². The maximum Gasteiger partial charge on any atom is 0.134 e. The van der Waals surface area contributed by atoms with Gasteiger partial charge in [-0.05, 0) is 18.2 Å². The monoisotopic (exact) mass is 359 g/mol. The van der Waals surface area contributed by atoms with Gasteiger partial charge in [0, 0.05) is 43.2 Å². The third-order valence-electron chi connectivity index (χ3n) is 5.18. The Morgan fingerprint density at radius 1 is 1.22 bits per heavy atom. The van der Waals surface area contributed by atoms with Gasteiger partial charge in [-0.15, -0.1) is 0 Å². The Bertz CT molecular complexity index is 1050. The highest BCUT2D eigenvalue weighted by Gasteiger charge is 2.33. The molecule has 1 N–H and O–H groups in total. The second-order valence-electron chi connectivity index (χ2n) is 6.89. The fourth-order valence-corrected chi connectivity index (χ4v) is 3.85. The van der Waals surface area contributed by atoms with E-state index in [4.69, 9.17) is 4.42 Å². The Morgan fingerprint density at radius 2 is 2.15 bits per heavy atom.